The Morgan fingerprint density at radius 3 is 2.61 bits per heavy atom. The van der Waals surface area contributed by atoms with Crippen molar-refractivity contribution >= 4 is 29.0 Å². The second kappa shape index (κ2) is 9.27. The van der Waals surface area contributed by atoms with Gasteiger partial charge in [-0.1, -0.05) is 18.2 Å². The van der Waals surface area contributed by atoms with Gasteiger partial charge in [-0.05, 0) is 48.0 Å². The van der Waals surface area contributed by atoms with Crippen LogP contribution in [0.25, 0.3) is 0 Å². The Balaban J connectivity index is 1.33. The maximum absolute atomic E-state index is 12.7. The van der Waals surface area contributed by atoms with Crippen LogP contribution in [0.1, 0.15) is 15.9 Å². The van der Waals surface area contributed by atoms with Gasteiger partial charge < -0.3 is 15.8 Å². The second-order valence-electron chi connectivity index (χ2n) is 7.12. The summed E-state index contributed by atoms with van der Waals surface area (Å²) in [6, 6.07) is 17.6. The molecule has 0 spiro atoms. The number of carbonyl (C=O) groups excluding carboxylic acids is 2. The third-order valence-electron chi connectivity index (χ3n) is 4.98. The van der Waals surface area contributed by atoms with Gasteiger partial charge in [-0.2, -0.15) is 0 Å². The predicted molar refractivity (Wildman–Crippen MR) is 119 cm³/mol. The predicted octanol–water partition coefficient (Wildman–Crippen LogP) is 3.33. The molecule has 0 radical (unpaired) electrons. The average molecular weight is 417 g/mol. The van der Waals surface area contributed by atoms with Gasteiger partial charge in [-0.25, -0.2) is 4.79 Å². The highest BCUT2D eigenvalue weighted by molar-refractivity contribution is 6.06. The summed E-state index contributed by atoms with van der Waals surface area (Å²) in [5, 5.41) is 2.79. The van der Waals surface area contributed by atoms with Crippen LogP contribution in [0.5, 0.6) is 0 Å². The van der Waals surface area contributed by atoms with Gasteiger partial charge >= 0.3 is 6.03 Å². The number of urea groups is 1. The molecule has 0 atom stereocenters. The molecule has 3 amide bonds. The lowest BCUT2D eigenvalue weighted by Gasteiger charge is -2.19. The third-order valence-corrected chi connectivity index (χ3v) is 4.98. The molecular weight excluding hydrogens is 394 g/mol. The summed E-state index contributed by atoms with van der Waals surface area (Å²) in [6.07, 6.45) is 3.44. The largest absolute Gasteiger partial charge is 0.397 e. The van der Waals surface area contributed by atoms with Crippen molar-refractivity contribution in [1.29, 1.82) is 0 Å². The van der Waals surface area contributed by atoms with Crippen molar-refractivity contribution in [1.82, 2.24) is 9.88 Å². The summed E-state index contributed by atoms with van der Waals surface area (Å²) in [4.78, 5) is 32.6. The fourth-order valence-corrected chi connectivity index (χ4v) is 3.30. The lowest BCUT2D eigenvalue weighted by Crippen LogP contribution is -2.33. The Morgan fingerprint density at radius 2 is 1.87 bits per heavy atom. The van der Waals surface area contributed by atoms with Crippen LogP contribution in [0, 0.1) is 0 Å². The summed E-state index contributed by atoms with van der Waals surface area (Å²) in [6.45, 7) is 1.74. The number of benzene rings is 2. The molecule has 0 saturated carbocycles. The number of carbonyl (C=O) groups is 2. The van der Waals surface area contributed by atoms with E-state index in [0.29, 0.717) is 36.6 Å². The van der Waals surface area contributed by atoms with E-state index in [-0.39, 0.29) is 18.7 Å². The summed E-state index contributed by atoms with van der Waals surface area (Å²) in [5.41, 5.74) is 9.11. The smallest absolute Gasteiger partial charge is 0.326 e. The number of para-hydroxylation sites is 2. The highest BCUT2D eigenvalue weighted by atomic mass is 16.5. The molecule has 0 aliphatic carbocycles. The third kappa shape index (κ3) is 4.81. The van der Waals surface area contributed by atoms with Crippen molar-refractivity contribution in [2.24, 2.45) is 0 Å². The topological polar surface area (TPSA) is 101 Å². The van der Waals surface area contributed by atoms with Crippen molar-refractivity contribution in [3.05, 3.63) is 84.2 Å². The lowest BCUT2D eigenvalue weighted by atomic mass is 10.1. The van der Waals surface area contributed by atoms with E-state index in [2.05, 4.69) is 10.3 Å². The van der Waals surface area contributed by atoms with Crippen molar-refractivity contribution in [2.75, 3.05) is 35.8 Å². The van der Waals surface area contributed by atoms with E-state index in [1.165, 1.54) is 0 Å². The average Bonchev–Trinajstić information content (AvgIpc) is 3.16. The van der Waals surface area contributed by atoms with Gasteiger partial charge in [0.2, 0.25) is 0 Å². The molecule has 1 saturated heterocycles. The lowest BCUT2D eigenvalue weighted by molar-refractivity contribution is 0.0475. The maximum atomic E-state index is 12.7. The molecule has 8 heteroatoms. The van der Waals surface area contributed by atoms with Gasteiger partial charge in [0, 0.05) is 36.7 Å². The minimum atomic E-state index is -0.261. The number of amides is 3. The quantitative estimate of drug-likeness (QED) is 0.574. The van der Waals surface area contributed by atoms with E-state index >= 15 is 0 Å². The fraction of sp³-hybridized carbons (Fsp3) is 0.174. The first-order valence-corrected chi connectivity index (χ1v) is 9.91. The first-order chi connectivity index (χ1) is 15.1. The zero-order valence-corrected chi connectivity index (χ0v) is 16.9. The molecule has 4 rings (SSSR count). The van der Waals surface area contributed by atoms with Crippen LogP contribution in [-0.2, 0) is 11.3 Å². The SMILES string of the molecule is Nc1ccccc1NC(=O)c1ccc(N2CCN(COCc3cccnc3)C2=O)cc1. The summed E-state index contributed by atoms with van der Waals surface area (Å²) < 4.78 is 5.65. The normalized spacial score (nSPS) is 13.5. The second-order valence-corrected chi connectivity index (χ2v) is 7.12. The van der Waals surface area contributed by atoms with E-state index in [0.717, 1.165) is 11.3 Å². The summed E-state index contributed by atoms with van der Waals surface area (Å²) in [7, 11) is 0. The van der Waals surface area contributed by atoms with Crippen molar-refractivity contribution in [3.8, 4) is 0 Å². The highest BCUT2D eigenvalue weighted by Gasteiger charge is 2.29. The molecule has 0 bridgehead atoms. The fourth-order valence-electron chi connectivity index (χ4n) is 3.30. The molecule has 1 aliphatic heterocycles. The maximum Gasteiger partial charge on any atom is 0.326 e. The van der Waals surface area contributed by atoms with Crippen molar-refractivity contribution in [3.63, 3.8) is 0 Å². The minimum Gasteiger partial charge on any atom is -0.397 e. The highest BCUT2D eigenvalue weighted by Crippen LogP contribution is 2.22. The first kappa shape index (κ1) is 20.4. The summed E-state index contributed by atoms with van der Waals surface area (Å²) >= 11 is 0. The van der Waals surface area contributed by atoms with Gasteiger partial charge in [0.25, 0.3) is 5.91 Å². The number of nitrogens with zero attached hydrogens (tertiary/aromatic N) is 3. The number of nitrogens with two attached hydrogens (primary N) is 1. The number of pyridine rings is 1. The zero-order valence-electron chi connectivity index (χ0n) is 16.9. The van der Waals surface area contributed by atoms with Gasteiger partial charge in [-0.3, -0.25) is 19.6 Å². The van der Waals surface area contributed by atoms with Crippen LogP contribution in [0.3, 0.4) is 0 Å². The molecule has 8 nitrogen and oxygen atoms in total. The minimum absolute atomic E-state index is 0.125. The van der Waals surface area contributed by atoms with Crippen molar-refractivity contribution < 1.29 is 14.3 Å². The molecule has 158 valence electrons. The van der Waals surface area contributed by atoms with E-state index < -0.39 is 0 Å². The Labute approximate surface area is 180 Å². The molecule has 31 heavy (non-hydrogen) atoms. The van der Waals surface area contributed by atoms with Crippen LogP contribution in [-0.4, -0.2) is 41.6 Å². The van der Waals surface area contributed by atoms with E-state index in [9.17, 15) is 9.59 Å². The molecule has 3 N–H and O–H groups in total. The van der Waals surface area contributed by atoms with Gasteiger partial charge in [-0.15, -0.1) is 0 Å². The van der Waals surface area contributed by atoms with Crippen LogP contribution < -0.4 is 16.0 Å². The summed E-state index contributed by atoms with van der Waals surface area (Å²) in [5.74, 6) is -0.261. The number of hydrogen-bond acceptors (Lipinski definition) is 5. The molecule has 1 fully saturated rings. The molecular formula is C23H23N5O3. The van der Waals surface area contributed by atoms with Crippen LogP contribution >= 0.6 is 0 Å². The number of nitrogens with one attached hydrogen (secondary N) is 1. The number of aromatic nitrogens is 1. The molecule has 0 unspecified atom stereocenters. The van der Waals surface area contributed by atoms with Gasteiger partial charge in [0.05, 0.1) is 18.0 Å². The number of rotatable bonds is 7. The Hall–Kier alpha value is -3.91. The van der Waals surface area contributed by atoms with Gasteiger partial charge in [0.15, 0.2) is 0 Å². The van der Waals surface area contributed by atoms with Crippen molar-refractivity contribution in [2.45, 2.75) is 6.61 Å². The van der Waals surface area contributed by atoms with Crippen LogP contribution in [0.4, 0.5) is 21.9 Å². The van der Waals surface area contributed by atoms with E-state index in [1.807, 2.05) is 12.1 Å². The zero-order chi connectivity index (χ0) is 21.6. The molecule has 2 heterocycles. The monoisotopic (exact) mass is 417 g/mol. The number of ether oxygens (including phenoxy) is 1. The Kier molecular flexibility index (Phi) is 6.09. The first-order valence-electron chi connectivity index (χ1n) is 9.91. The Morgan fingerprint density at radius 1 is 1.06 bits per heavy atom. The van der Waals surface area contributed by atoms with E-state index in [1.54, 1.807) is 70.7 Å². The van der Waals surface area contributed by atoms with Crippen LogP contribution in [0.2, 0.25) is 0 Å². The standard InChI is InChI=1S/C23H23N5O3/c24-20-5-1-2-6-21(20)26-22(29)18-7-9-19(10-8-18)28-13-12-27(23(28)30)16-31-15-17-4-3-11-25-14-17/h1-11,14H,12-13,15-16,24H2,(H,26,29). The molecule has 3 aromatic rings. The van der Waals surface area contributed by atoms with E-state index in [4.69, 9.17) is 10.5 Å². The number of anilines is 3. The Bertz CT molecular complexity index is 1060. The number of nitrogen functional groups attached to an aromatic ring is 1. The molecule has 2 aromatic carbocycles. The van der Waals surface area contributed by atoms with Crippen LogP contribution in [0.15, 0.2) is 73.1 Å². The van der Waals surface area contributed by atoms with Gasteiger partial charge in [0.1, 0.15) is 6.73 Å². The number of hydrogen-bond donors (Lipinski definition) is 2. The molecule has 1 aromatic heterocycles. The molecule has 1 aliphatic rings.